The summed E-state index contributed by atoms with van der Waals surface area (Å²) in [4.78, 5) is 44.3. The van der Waals surface area contributed by atoms with E-state index in [1.54, 1.807) is 19.8 Å². The van der Waals surface area contributed by atoms with Crippen molar-refractivity contribution < 1.29 is 23.9 Å². The number of hydrogen-bond donors (Lipinski definition) is 1. The van der Waals surface area contributed by atoms with Crippen molar-refractivity contribution in [1.82, 2.24) is 25.1 Å². The minimum absolute atomic E-state index is 0.0497. The zero-order chi connectivity index (χ0) is 26.8. The maximum atomic E-state index is 13.8. The average molecular weight is 522 g/mol. The zero-order valence-electron chi connectivity index (χ0n) is 22.1. The van der Waals surface area contributed by atoms with Crippen LogP contribution in [0, 0.1) is 5.92 Å². The number of amides is 4. The topological polar surface area (TPSA) is 94.7 Å². The second-order valence-corrected chi connectivity index (χ2v) is 9.99. The Morgan fingerprint density at radius 3 is 2.55 bits per heavy atom. The monoisotopic (exact) mass is 521 g/mol. The number of carbonyl (C=O) groups is 3. The molecule has 2 fully saturated rings. The van der Waals surface area contributed by atoms with Gasteiger partial charge in [0.05, 0.1) is 13.1 Å². The van der Waals surface area contributed by atoms with Crippen LogP contribution >= 0.6 is 0 Å². The second kappa shape index (κ2) is 10.9. The standard InChI is InChI=1S/C28H35N5O5/c1-4-19(3)26-27(35)30(15-21-11-12-22-23(13-21)38-18-37-22)16-24-32(26)25(34)17-31(5-2)33(24)28(36)29-14-20-9-7-6-8-10-20/h6-13,19,24,26H,4-5,14-18H2,1-3H3,(H,29,36)/t19?,24-,26-/m0/s1. The van der Waals surface area contributed by atoms with Crippen molar-refractivity contribution in [1.29, 1.82) is 0 Å². The fourth-order valence-electron chi connectivity index (χ4n) is 5.41. The number of nitrogens with one attached hydrogen (secondary N) is 1. The largest absolute Gasteiger partial charge is 0.454 e. The molecule has 10 nitrogen and oxygen atoms in total. The first-order valence-corrected chi connectivity index (χ1v) is 13.3. The molecule has 4 amide bonds. The molecule has 38 heavy (non-hydrogen) atoms. The lowest BCUT2D eigenvalue weighted by atomic mass is 9.92. The molecule has 2 aromatic rings. The predicted molar refractivity (Wildman–Crippen MR) is 140 cm³/mol. The molecule has 0 saturated carbocycles. The Balaban J connectivity index is 1.44. The maximum Gasteiger partial charge on any atom is 0.334 e. The second-order valence-electron chi connectivity index (χ2n) is 9.99. The van der Waals surface area contributed by atoms with Gasteiger partial charge in [-0.25, -0.2) is 14.8 Å². The molecule has 0 bridgehead atoms. The fourth-order valence-corrected chi connectivity index (χ4v) is 5.41. The lowest BCUT2D eigenvalue weighted by Crippen LogP contribution is -2.77. The van der Waals surface area contributed by atoms with Crippen molar-refractivity contribution in [2.45, 2.75) is 52.5 Å². The number of urea groups is 1. The molecule has 3 aliphatic rings. The molecular formula is C28H35N5O5. The highest BCUT2D eigenvalue weighted by Crippen LogP contribution is 2.35. The minimum atomic E-state index is -0.649. The Labute approximate surface area is 223 Å². The molecule has 0 radical (unpaired) electrons. The van der Waals surface area contributed by atoms with E-state index in [-0.39, 0.29) is 43.6 Å². The van der Waals surface area contributed by atoms with Gasteiger partial charge in [-0.1, -0.05) is 63.6 Å². The van der Waals surface area contributed by atoms with Crippen LogP contribution in [-0.2, 0) is 22.7 Å². The van der Waals surface area contributed by atoms with Crippen LogP contribution in [-0.4, -0.2) is 76.3 Å². The molecule has 0 spiro atoms. The fraction of sp³-hybridized carbons (Fsp3) is 0.464. The van der Waals surface area contributed by atoms with Crippen molar-refractivity contribution in [2.75, 3.05) is 26.4 Å². The van der Waals surface area contributed by atoms with Crippen LogP contribution in [0.5, 0.6) is 11.5 Å². The van der Waals surface area contributed by atoms with E-state index in [2.05, 4.69) is 5.32 Å². The number of fused-ring (bicyclic) bond motifs is 2. The Hall–Kier alpha value is -3.79. The van der Waals surface area contributed by atoms with Crippen molar-refractivity contribution >= 4 is 17.8 Å². The summed E-state index contributed by atoms with van der Waals surface area (Å²) in [6, 6.07) is 14.4. The van der Waals surface area contributed by atoms with Crippen LogP contribution in [0.15, 0.2) is 48.5 Å². The molecule has 2 saturated heterocycles. The number of ether oxygens (including phenoxy) is 2. The van der Waals surface area contributed by atoms with Gasteiger partial charge >= 0.3 is 6.03 Å². The molecule has 0 aliphatic carbocycles. The van der Waals surface area contributed by atoms with Crippen LogP contribution in [0.2, 0.25) is 0 Å². The van der Waals surface area contributed by atoms with Crippen LogP contribution < -0.4 is 14.8 Å². The Morgan fingerprint density at radius 1 is 1.05 bits per heavy atom. The molecule has 10 heteroatoms. The Kier molecular flexibility index (Phi) is 7.42. The first-order valence-electron chi connectivity index (χ1n) is 13.3. The molecule has 3 atom stereocenters. The van der Waals surface area contributed by atoms with E-state index in [1.807, 2.05) is 69.3 Å². The maximum absolute atomic E-state index is 13.8. The van der Waals surface area contributed by atoms with Gasteiger partial charge in [-0.15, -0.1) is 0 Å². The highest BCUT2D eigenvalue weighted by molar-refractivity contribution is 5.91. The van der Waals surface area contributed by atoms with Gasteiger partial charge in [0.15, 0.2) is 11.5 Å². The predicted octanol–water partition coefficient (Wildman–Crippen LogP) is 2.79. The number of piperazine rings is 1. The molecule has 3 aliphatic heterocycles. The van der Waals surface area contributed by atoms with Crippen molar-refractivity contribution in [3.05, 3.63) is 59.7 Å². The van der Waals surface area contributed by atoms with Crippen LogP contribution in [0.1, 0.15) is 38.3 Å². The average Bonchev–Trinajstić information content (AvgIpc) is 3.40. The molecule has 5 rings (SSSR count). The molecule has 2 aromatic carbocycles. The molecule has 202 valence electrons. The van der Waals surface area contributed by atoms with Crippen LogP contribution in [0.4, 0.5) is 4.79 Å². The third-order valence-electron chi connectivity index (χ3n) is 7.61. The van der Waals surface area contributed by atoms with Gasteiger partial charge in [0, 0.05) is 19.6 Å². The smallest absolute Gasteiger partial charge is 0.334 e. The van der Waals surface area contributed by atoms with Gasteiger partial charge in [-0.05, 0) is 29.2 Å². The van der Waals surface area contributed by atoms with Crippen LogP contribution in [0.25, 0.3) is 0 Å². The summed E-state index contributed by atoms with van der Waals surface area (Å²) in [6.45, 7) is 7.55. The number of benzene rings is 2. The van der Waals surface area contributed by atoms with Gasteiger partial charge in [0.25, 0.3) is 0 Å². The Bertz CT molecular complexity index is 1190. The summed E-state index contributed by atoms with van der Waals surface area (Å²) in [5.74, 6) is 1.02. The first-order chi connectivity index (χ1) is 18.4. The minimum Gasteiger partial charge on any atom is -0.454 e. The zero-order valence-corrected chi connectivity index (χ0v) is 22.1. The number of carbonyl (C=O) groups excluding carboxylic acids is 3. The van der Waals surface area contributed by atoms with E-state index >= 15 is 0 Å². The summed E-state index contributed by atoms with van der Waals surface area (Å²) in [6.07, 6.45) is 0.111. The first kappa shape index (κ1) is 25.8. The number of hydrazine groups is 1. The summed E-state index contributed by atoms with van der Waals surface area (Å²) in [5.41, 5.74) is 1.88. The normalized spacial score (nSPS) is 21.9. The lowest BCUT2D eigenvalue weighted by Gasteiger charge is -2.56. The van der Waals surface area contributed by atoms with Crippen molar-refractivity contribution in [3.63, 3.8) is 0 Å². The molecule has 3 heterocycles. The number of rotatable bonds is 7. The van der Waals surface area contributed by atoms with Gasteiger partial charge < -0.3 is 24.6 Å². The molecule has 1 N–H and O–H groups in total. The lowest BCUT2D eigenvalue weighted by molar-refractivity contribution is -0.193. The molecule has 0 aromatic heterocycles. The SMILES string of the molecule is CCC(C)[C@H]1C(=O)N(Cc2ccc3c(c2)OCO3)C[C@H]2N1C(=O)CN(CC)N2C(=O)NCc1ccccc1. The highest BCUT2D eigenvalue weighted by Gasteiger charge is 2.52. The quantitative estimate of drug-likeness (QED) is 0.602. The van der Waals surface area contributed by atoms with Crippen molar-refractivity contribution in [2.24, 2.45) is 5.92 Å². The van der Waals surface area contributed by atoms with E-state index < -0.39 is 12.2 Å². The number of likely N-dealkylation sites (N-methyl/N-ethyl adjacent to an activating group) is 1. The number of hydrogen-bond acceptors (Lipinski definition) is 6. The molecule has 1 unspecified atom stereocenters. The van der Waals surface area contributed by atoms with Crippen molar-refractivity contribution in [3.8, 4) is 11.5 Å². The highest BCUT2D eigenvalue weighted by atomic mass is 16.7. The van der Waals surface area contributed by atoms with Gasteiger partial charge in [-0.3, -0.25) is 9.59 Å². The Morgan fingerprint density at radius 2 is 1.82 bits per heavy atom. The van der Waals surface area contributed by atoms with E-state index in [1.165, 1.54) is 0 Å². The summed E-state index contributed by atoms with van der Waals surface area (Å²) in [5, 5.41) is 6.42. The van der Waals surface area contributed by atoms with Gasteiger partial charge in [0.1, 0.15) is 12.2 Å². The number of nitrogens with zero attached hydrogens (tertiary/aromatic N) is 4. The summed E-state index contributed by atoms with van der Waals surface area (Å²) in [7, 11) is 0. The van der Waals surface area contributed by atoms with E-state index in [9.17, 15) is 14.4 Å². The van der Waals surface area contributed by atoms with E-state index in [4.69, 9.17) is 9.47 Å². The third kappa shape index (κ3) is 4.88. The summed E-state index contributed by atoms with van der Waals surface area (Å²) < 4.78 is 11.0. The van der Waals surface area contributed by atoms with Gasteiger partial charge in [-0.2, -0.15) is 0 Å². The molecular weight excluding hydrogens is 486 g/mol. The van der Waals surface area contributed by atoms with Gasteiger partial charge in [0.2, 0.25) is 18.6 Å². The third-order valence-corrected chi connectivity index (χ3v) is 7.61. The van der Waals surface area contributed by atoms with E-state index in [0.29, 0.717) is 31.1 Å². The van der Waals surface area contributed by atoms with Crippen LogP contribution in [0.3, 0.4) is 0 Å². The summed E-state index contributed by atoms with van der Waals surface area (Å²) >= 11 is 0. The van der Waals surface area contributed by atoms with E-state index in [0.717, 1.165) is 17.5 Å².